The maximum atomic E-state index is 15.7. The minimum atomic E-state index is -4.94. The highest BCUT2D eigenvalue weighted by Gasteiger charge is 2.52. The SMILES string of the molecule is C=C1C(=O)N2CC[C@H]2C(=O)N(C)[C@@H](CC2CCC(C)CC2)C(=O)N(C)CC(=O)N[C@@H](CCC2CCC(C(F)(F)F)C(Cl)C2)C(=O)N(C)[C@@H](CC2CCC(OC(F)(F)F)CC2)C(=O)NC2(CCCC2)C(=O)N(C)[C@@H]([C@@H](C)CC)C(=O)N(C)[C@H](C(=O)N(C)C)CC(=O)N(C)[C@@H](C)C(=O)N[C@@H]([C@@H](C)CC)C(=O)N1C. The van der Waals surface area contributed by atoms with Crippen LogP contribution in [0.15, 0.2) is 12.3 Å². The number of carbonyl (C=O) groups excluding carboxylic acids is 12. The van der Waals surface area contributed by atoms with Crippen LogP contribution in [-0.4, -0.2) is 269 Å². The van der Waals surface area contributed by atoms with Gasteiger partial charge in [0.25, 0.3) is 5.91 Å². The minimum absolute atomic E-state index is 0.0302. The molecule has 0 aromatic rings. The zero-order chi connectivity index (χ0) is 79.5. The number of fused-ring (bicyclic) bond motifs is 1. The third-order valence-electron chi connectivity index (χ3n) is 24.1. The number of carbonyl (C=O) groups is 12. The minimum Gasteiger partial charge on any atom is -0.347 e. The Morgan fingerprint density at radius 2 is 1.21 bits per heavy atom. The van der Waals surface area contributed by atoms with Crippen molar-refractivity contribution in [2.45, 2.75) is 267 Å². The smallest absolute Gasteiger partial charge is 0.347 e. The number of hydrogen-bond donors (Lipinski definition) is 3. The molecule has 600 valence electrons. The van der Waals surface area contributed by atoms with Crippen LogP contribution in [0.5, 0.6) is 0 Å². The Balaban J connectivity index is 1.47. The molecule has 1 spiro atoms. The lowest BCUT2D eigenvalue weighted by molar-refractivity contribution is -0.345. The number of likely N-dealkylation sites (N-methyl/N-ethyl adjacent to an activating group) is 8. The Hall–Kier alpha value is -6.79. The summed E-state index contributed by atoms with van der Waals surface area (Å²) in [5.41, 5.74) is -2.11. The normalized spacial score (nSPS) is 31.7. The van der Waals surface area contributed by atoms with Gasteiger partial charge in [-0.05, 0) is 132 Å². The van der Waals surface area contributed by atoms with Crippen molar-refractivity contribution in [2.75, 3.05) is 76.5 Å². The maximum Gasteiger partial charge on any atom is 0.522 e. The van der Waals surface area contributed by atoms with E-state index in [1.165, 1.54) is 90.0 Å². The Kier molecular flexibility index (Phi) is 31.2. The van der Waals surface area contributed by atoms with Gasteiger partial charge >= 0.3 is 12.5 Å². The maximum absolute atomic E-state index is 15.7. The highest BCUT2D eigenvalue weighted by atomic mass is 35.5. The first kappa shape index (κ1) is 88.1. The first-order valence-corrected chi connectivity index (χ1v) is 38.3. The number of nitrogens with zero attached hydrogens (tertiary/aromatic N) is 9. The summed E-state index contributed by atoms with van der Waals surface area (Å²) in [5, 5.41) is 7.20. The molecule has 0 aromatic carbocycles. The number of rotatable bonds is 13. The molecule has 0 radical (unpaired) electrons. The molecule has 25 nitrogen and oxygen atoms in total. The average molecular weight is 1530 g/mol. The lowest BCUT2D eigenvalue weighted by atomic mass is 9.78. The number of nitrogens with one attached hydrogen (secondary N) is 3. The van der Waals surface area contributed by atoms with E-state index < -0.39 is 191 Å². The van der Waals surface area contributed by atoms with Crippen LogP contribution in [0.1, 0.15) is 189 Å². The summed E-state index contributed by atoms with van der Waals surface area (Å²) in [6, 6.07) is -10.9. The molecule has 4 aliphatic carbocycles. The van der Waals surface area contributed by atoms with Crippen LogP contribution in [-0.2, 0) is 62.3 Å². The first-order valence-electron chi connectivity index (χ1n) is 37.8. The van der Waals surface area contributed by atoms with Gasteiger partial charge in [-0.25, -0.2) is 0 Å². The van der Waals surface area contributed by atoms with Crippen LogP contribution in [0.25, 0.3) is 0 Å². The monoisotopic (exact) mass is 1530 g/mol. The molecule has 13 atom stereocenters. The summed E-state index contributed by atoms with van der Waals surface area (Å²) in [5.74, 6) is -12.9. The number of alkyl halides is 7. The highest BCUT2D eigenvalue weighted by molar-refractivity contribution is 6.21. The molecule has 106 heavy (non-hydrogen) atoms. The Bertz CT molecular complexity index is 3160. The van der Waals surface area contributed by atoms with E-state index in [4.69, 9.17) is 11.6 Å². The van der Waals surface area contributed by atoms with E-state index in [9.17, 15) is 59.9 Å². The van der Waals surface area contributed by atoms with Gasteiger partial charge in [0.1, 0.15) is 59.6 Å². The molecule has 2 aliphatic heterocycles. The third-order valence-corrected chi connectivity index (χ3v) is 24.6. The molecule has 3 N–H and O–H groups in total. The fourth-order valence-corrected chi connectivity index (χ4v) is 16.7. The number of ether oxygens (including phenoxy) is 1. The predicted molar refractivity (Wildman–Crippen MR) is 383 cm³/mol. The van der Waals surface area contributed by atoms with E-state index in [-0.39, 0.29) is 114 Å². The molecule has 32 heteroatoms. The third kappa shape index (κ3) is 21.8. The van der Waals surface area contributed by atoms with Gasteiger partial charge < -0.3 is 60.0 Å². The van der Waals surface area contributed by atoms with E-state index >= 15 is 24.0 Å². The first-order chi connectivity index (χ1) is 49.4. The summed E-state index contributed by atoms with van der Waals surface area (Å²) in [6.07, 6.45) is -7.13. The molecule has 0 bridgehead atoms. The Labute approximate surface area is 625 Å². The molecular weight excluding hydrogens is 1410 g/mol. The van der Waals surface area contributed by atoms with Crippen molar-refractivity contribution in [3.8, 4) is 0 Å². The molecular formula is C74H117ClF6N12O13. The summed E-state index contributed by atoms with van der Waals surface area (Å²) in [4.78, 5) is 190. The van der Waals surface area contributed by atoms with Gasteiger partial charge in [0.2, 0.25) is 65.0 Å². The van der Waals surface area contributed by atoms with E-state index in [1.54, 1.807) is 27.7 Å². The van der Waals surface area contributed by atoms with Crippen LogP contribution >= 0.6 is 11.6 Å². The van der Waals surface area contributed by atoms with Crippen LogP contribution in [0.2, 0.25) is 0 Å². The van der Waals surface area contributed by atoms with Gasteiger partial charge in [-0.2, -0.15) is 13.2 Å². The van der Waals surface area contributed by atoms with Crippen molar-refractivity contribution in [3.05, 3.63) is 12.3 Å². The molecule has 12 amide bonds. The van der Waals surface area contributed by atoms with E-state index in [0.717, 1.165) is 50.2 Å². The largest absolute Gasteiger partial charge is 0.522 e. The predicted octanol–water partition coefficient (Wildman–Crippen LogP) is 7.22. The molecule has 0 aromatic heterocycles. The second-order valence-corrected chi connectivity index (χ2v) is 32.2. The van der Waals surface area contributed by atoms with Gasteiger partial charge in [0.05, 0.1) is 25.0 Å². The van der Waals surface area contributed by atoms with Gasteiger partial charge in [-0.1, -0.05) is 92.6 Å². The highest BCUT2D eigenvalue weighted by Crippen LogP contribution is 2.44. The quantitative estimate of drug-likeness (QED) is 0.0934. The van der Waals surface area contributed by atoms with Crippen LogP contribution in [0, 0.1) is 41.4 Å². The summed E-state index contributed by atoms with van der Waals surface area (Å²) < 4.78 is 87.5. The average Bonchev–Trinajstić information content (AvgIpc) is 1.31. The van der Waals surface area contributed by atoms with Crippen molar-refractivity contribution >= 4 is 82.5 Å². The number of amides is 12. The van der Waals surface area contributed by atoms with E-state index in [2.05, 4.69) is 34.2 Å². The van der Waals surface area contributed by atoms with E-state index in [0.29, 0.717) is 25.2 Å². The molecule has 2 heterocycles. The van der Waals surface area contributed by atoms with Crippen LogP contribution in [0.4, 0.5) is 26.3 Å². The molecule has 4 saturated carbocycles. The van der Waals surface area contributed by atoms with Crippen molar-refractivity contribution in [3.63, 3.8) is 0 Å². The zero-order valence-electron chi connectivity index (χ0n) is 64.7. The van der Waals surface area contributed by atoms with Gasteiger partial charge in [-0.15, -0.1) is 24.8 Å². The lowest BCUT2D eigenvalue weighted by Crippen LogP contribution is -2.65. The van der Waals surface area contributed by atoms with Crippen LogP contribution < -0.4 is 16.0 Å². The van der Waals surface area contributed by atoms with Crippen molar-refractivity contribution in [2.24, 2.45) is 41.4 Å². The van der Waals surface area contributed by atoms with Gasteiger partial charge in [-0.3, -0.25) is 62.3 Å². The molecule has 2 saturated heterocycles. The van der Waals surface area contributed by atoms with Crippen molar-refractivity contribution < 1.29 is 88.6 Å². The fourth-order valence-electron chi connectivity index (χ4n) is 16.2. The lowest BCUT2D eigenvalue weighted by Gasteiger charge is -2.44. The topological polar surface area (TPSA) is 279 Å². The fraction of sp³-hybridized carbons (Fsp3) is 0.811. The van der Waals surface area contributed by atoms with Crippen molar-refractivity contribution in [1.29, 1.82) is 0 Å². The molecule has 6 fully saturated rings. The van der Waals surface area contributed by atoms with Crippen molar-refractivity contribution in [1.82, 2.24) is 60.0 Å². The van der Waals surface area contributed by atoms with Gasteiger partial charge in [0.15, 0.2) is 0 Å². The van der Waals surface area contributed by atoms with Crippen LogP contribution in [0.3, 0.4) is 0 Å². The second-order valence-electron chi connectivity index (χ2n) is 31.6. The summed E-state index contributed by atoms with van der Waals surface area (Å²) in [7, 11) is 12.2. The second kappa shape index (κ2) is 37.6. The summed E-state index contributed by atoms with van der Waals surface area (Å²) in [6.45, 7) is 13.8. The Morgan fingerprint density at radius 1 is 0.651 bits per heavy atom. The standard InChI is InChI=1S/C74H117ClF6N12O13/c1-17-43(4)60-69(103)88(12)46(7)64(98)93-36-33-54(93)68(102)90(14)56(39-48-23-21-42(3)22-24-48)67(101)86(10)41-58(94)82-53(32-28-47-27-31-51(52(75)37-47)73(76,77)78)65(99)89(13)55(38-49-25-29-50(30-26-49)106-74(79,80)81)63(97)84-72(34-19-20-35-72)71(105)92(16)61(44(5)18-2)70(104)91(15)57(66(100)85(8)9)40-59(95)87(11)45(6)62(96)83-60/h42-45,47-57,60-61H,7,17-41H2,1-6,8-16H3,(H,82,94)(H,83,96)(H,84,97)/t42?,43-,44-,45-,47?,48?,49?,50?,51?,52?,53-,54-,55-,56-,57-,60-,61-/m0/s1. The zero-order valence-corrected chi connectivity index (χ0v) is 65.4. The summed E-state index contributed by atoms with van der Waals surface area (Å²) >= 11 is 6.43. The van der Waals surface area contributed by atoms with Gasteiger partial charge in [0, 0.05) is 75.4 Å². The molecule has 6 rings (SSSR count). The van der Waals surface area contributed by atoms with E-state index in [1.807, 2.05) is 0 Å². The number of hydrogen-bond acceptors (Lipinski definition) is 13. The Morgan fingerprint density at radius 3 is 1.74 bits per heavy atom. The molecule has 6 aliphatic rings. The molecule has 3 unspecified atom stereocenters. The number of halogens is 7.